The van der Waals surface area contributed by atoms with Crippen molar-refractivity contribution in [2.45, 2.75) is 44.6 Å². The van der Waals surface area contributed by atoms with Crippen molar-refractivity contribution in [3.8, 4) is 0 Å². The largest absolute Gasteiger partial charge is 0.235 e. The molecule has 2 atom stereocenters. The minimum absolute atomic E-state index is 0.241. The average molecular weight is 208 g/mol. The summed E-state index contributed by atoms with van der Waals surface area (Å²) in [6.45, 7) is 2.53. The Morgan fingerprint density at radius 2 is 2.20 bits per heavy atom. The predicted octanol–water partition coefficient (Wildman–Crippen LogP) is 2.00. The van der Waals surface area contributed by atoms with Crippen LogP contribution in [0.15, 0.2) is 9.98 Å². The Bertz CT molecular complexity index is 304. The molecule has 1 aliphatic rings. The highest BCUT2D eigenvalue weighted by Crippen LogP contribution is 2.36. The summed E-state index contributed by atoms with van der Waals surface area (Å²) in [5.41, 5.74) is -0.241. The Morgan fingerprint density at radius 1 is 1.40 bits per heavy atom. The van der Waals surface area contributed by atoms with E-state index in [1.807, 2.05) is 6.92 Å². The van der Waals surface area contributed by atoms with Crippen LogP contribution in [0.25, 0.3) is 0 Å². The van der Waals surface area contributed by atoms with Gasteiger partial charge in [0.2, 0.25) is 12.2 Å². The standard InChI is InChI=1S/C11H16N2O2/c1-11(13-9-15)5-2-3-10(7-11)4-6-12-8-14/h10H,2-7H2,1H3. The quantitative estimate of drug-likeness (QED) is 0.524. The molecule has 0 spiro atoms. The minimum Gasteiger partial charge on any atom is -0.211 e. The fraction of sp³-hybridized carbons (Fsp3) is 0.818. The second kappa shape index (κ2) is 5.59. The smallest absolute Gasteiger partial charge is 0.211 e. The van der Waals surface area contributed by atoms with Crippen molar-refractivity contribution in [2.75, 3.05) is 6.54 Å². The third-order valence-electron chi connectivity index (χ3n) is 3.09. The first-order valence-corrected chi connectivity index (χ1v) is 5.33. The molecule has 1 rings (SSSR count). The van der Waals surface area contributed by atoms with E-state index in [1.165, 1.54) is 0 Å². The van der Waals surface area contributed by atoms with Crippen molar-refractivity contribution >= 4 is 12.2 Å². The van der Waals surface area contributed by atoms with E-state index in [2.05, 4.69) is 9.98 Å². The van der Waals surface area contributed by atoms with E-state index in [1.54, 1.807) is 12.2 Å². The molecule has 4 nitrogen and oxygen atoms in total. The van der Waals surface area contributed by atoms with E-state index in [-0.39, 0.29) is 5.54 Å². The van der Waals surface area contributed by atoms with E-state index in [0.29, 0.717) is 12.5 Å². The van der Waals surface area contributed by atoms with Gasteiger partial charge in [0, 0.05) is 0 Å². The number of nitrogens with zero attached hydrogens (tertiary/aromatic N) is 2. The lowest BCUT2D eigenvalue weighted by Gasteiger charge is -2.33. The number of hydrogen-bond acceptors (Lipinski definition) is 4. The zero-order valence-electron chi connectivity index (χ0n) is 9.03. The lowest BCUT2D eigenvalue weighted by atomic mass is 9.76. The van der Waals surface area contributed by atoms with Gasteiger partial charge in [-0.3, -0.25) is 0 Å². The first-order valence-electron chi connectivity index (χ1n) is 5.33. The Hall–Kier alpha value is -1.24. The molecule has 0 heterocycles. The summed E-state index contributed by atoms with van der Waals surface area (Å²) in [6, 6.07) is 0. The number of rotatable bonds is 4. The van der Waals surface area contributed by atoms with Crippen LogP contribution in [0.4, 0.5) is 0 Å². The van der Waals surface area contributed by atoms with Crippen LogP contribution >= 0.6 is 0 Å². The Morgan fingerprint density at radius 3 is 2.87 bits per heavy atom. The fourth-order valence-corrected chi connectivity index (χ4v) is 2.35. The molecule has 0 bridgehead atoms. The van der Waals surface area contributed by atoms with Crippen molar-refractivity contribution in [1.29, 1.82) is 0 Å². The van der Waals surface area contributed by atoms with Gasteiger partial charge in [-0.1, -0.05) is 12.8 Å². The Kier molecular flexibility index (Phi) is 4.41. The lowest BCUT2D eigenvalue weighted by molar-refractivity contribution is 0.236. The molecule has 15 heavy (non-hydrogen) atoms. The second-order valence-corrected chi connectivity index (χ2v) is 4.42. The molecule has 0 aromatic carbocycles. The van der Waals surface area contributed by atoms with Gasteiger partial charge in [-0.05, 0) is 32.1 Å². The highest BCUT2D eigenvalue weighted by atomic mass is 16.1. The number of isocyanates is 2. The first-order chi connectivity index (χ1) is 7.20. The van der Waals surface area contributed by atoms with Crippen LogP contribution in [0.1, 0.15) is 39.0 Å². The minimum atomic E-state index is -0.241. The Labute approximate surface area is 89.5 Å². The van der Waals surface area contributed by atoms with Crippen molar-refractivity contribution in [1.82, 2.24) is 0 Å². The van der Waals surface area contributed by atoms with Crippen LogP contribution in [-0.2, 0) is 9.59 Å². The Balaban J connectivity index is 2.48. The maximum absolute atomic E-state index is 10.3. The molecule has 82 valence electrons. The van der Waals surface area contributed by atoms with Crippen LogP contribution in [0.5, 0.6) is 0 Å². The second-order valence-electron chi connectivity index (χ2n) is 4.42. The van der Waals surface area contributed by atoms with Gasteiger partial charge in [-0.2, -0.15) is 4.99 Å². The van der Waals surface area contributed by atoms with Gasteiger partial charge in [0.25, 0.3) is 0 Å². The summed E-state index contributed by atoms with van der Waals surface area (Å²) >= 11 is 0. The summed E-state index contributed by atoms with van der Waals surface area (Å²) < 4.78 is 0. The van der Waals surface area contributed by atoms with Gasteiger partial charge in [0.05, 0.1) is 12.1 Å². The molecule has 0 aliphatic heterocycles. The van der Waals surface area contributed by atoms with Crippen LogP contribution in [0, 0.1) is 5.92 Å². The molecule has 1 saturated carbocycles. The van der Waals surface area contributed by atoms with Crippen molar-refractivity contribution in [2.24, 2.45) is 15.9 Å². The number of hydrogen-bond donors (Lipinski definition) is 0. The molecule has 0 N–H and O–H groups in total. The van der Waals surface area contributed by atoms with Crippen LogP contribution in [0.3, 0.4) is 0 Å². The maximum atomic E-state index is 10.3. The van der Waals surface area contributed by atoms with Gasteiger partial charge in [-0.25, -0.2) is 14.6 Å². The van der Waals surface area contributed by atoms with Gasteiger partial charge in [0.15, 0.2) is 0 Å². The van der Waals surface area contributed by atoms with Gasteiger partial charge >= 0.3 is 0 Å². The molecular weight excluding hydrogens is 192 g/mol. The zero-order chi connectivity index (χ0) is 11.1. The molecule has 0 aromatic heterocycles. The maximum Gasteiger partial charge on any atom is 0.235 e. The molecule has 2 unspecified atom stereocenters. The number of aliphatic imine (C=N–C) groups is 2. The SMILES string of the molecule is CC1(N=C=O)CCCC(CCN=C=O)C1. The summed E-state index contributed by atoms with van der Waals surface area (Å²) in [5, 5.41) is 0. The third-order valence-corrected chi connectivity index (χ3v) is 3.09. The zero-order valence-corrected chi connectivity index (χ0v) is 9.03. The van der Waals surface area contributed by atoms with Crippen molar-refractivity contribution in [3.63, 3.8) is 0 Å². The average Bonchev–Trinajstić information content (AvgIpc) is 2.18. The lowest BCUT2D eigenvalue weighted by Crippen LogP contribution is -2.30. The van der Waals surface area contributed by atoms with Gasteiger partial charge in [-0.15, -0.1) is 0 Å². The van der Waals surface area contributed by atoms with E-state index >= 15 is 0 Å². The molecule has 1 aliphatic carbocycles. The van der Waals surface area contributed by atoms with Crippen LogP contribution in [-0.4, -0.2) is 24.2 Å². The predicted molar refractivity (Wildman–Crippen MR) is 56.1 cm³/mol. The van der Waals surface area contributed by atoms with Crippen LogP contribution in [0.2, 0.25) is 0 Å². The molecule has 0 saturated heterocycles. The summed E-state index contributed by atoms with van der Waals surface area (Å²) in [7, 11) is 0. The third kappa shape index (κ3) is 3.78. The fourth-order valence-electron chi connectivity index (χ4n) is 2.35. The topological polar surface area (TPSA) is 58.9 Å². The monoisotopic (exact) mass is 208 g/mol. The molecule has 4 heteroatoms. The molecular formula is C11H16N2O2. The van der Waals surface area contributed by atoms with Gasteiger partial charge < -0.3 is 0 Å². The summed E-state index contributed by atoms with van der Waals surface area (Å²) in [5.74, 6) is 0.512. The van der Waals surface area contributed by atoms with E-state index < -0.39 is 0 Å². The van der Waals surface area contributed by atoms with Crippen molar-refractivity contribution < 1.29 is 9.59 Å². The molecule has 0 amide bonds. The number of carbonyl (C=O) groups excluding carboxylic acids is 2. The van der Waals surface area contributed by atoms with Gasteiger partial charge in [0.1, 0.15) is 0 Å². The molecule has 1 fully saturated rings. The highest BCUT2D eigenvalue weighted by molar-refractivity contribution is 5.34. The van der Waals surface area contributed by atoms with Crippen LogP contribution < -0.4 is 0 Å². The van der Waals surface area contributed by atoms with Crippen molar-refractivity contribution in [3.05, 3.63) is 0 Å². The normalized spacial score (nSPS) is 30.1. The molecule has 0 aromatic rings. The molecule has 0 radical (unpaired) electrons. The summed E-state index contributed by atoms with van der Waals surface area (Å²) in [6.07, 6.45) is 8.16. The highest BCUT2D eigenvalue weighted by Gasteiger charge is 2.31. The summed E-state index contributed by atoms with van der Waals surface area (Å²) in [4.78, 5) is 27.6. The first kappa shape index (κ1) is 11.8. The van der Waals surface area contributed by atoms with E-state index in [9.17, 15) is 9.59 Å². The van der Waals surface area contributed by atoms with E-state index in [0.717, 1.165) is 32.1 Å². The van der Waals surface area contributed by atoms with E-state index in [4.69, 9.17) is 0 Å².